The van der Waals surface area contributed by atoms with Gasteiger partial charge in [0.2, 0.25) is 0 Å². The van der Waals surface area contributed by atoms with E-state index in [9.17, 15) is 0 Å². The monoisotopic (exact) mass is 518 g/mol. The van der Waals surface area contributed by atoms with Gasteiger partial charge >= 0.3 is 0 Å². The Morgan fingerprint density at radius 1 is 1.32 bits per heavy atom. The van der Waals surface area contributed by atoms with Crippen LogP contribution in [0.2, 0.25) is 0 Å². The Hall–Kier alpha value is -1.26. The Balaban J connectivity index is 0.00000280. The molecule has 2 aromatic rings. The van der Waals surface area contributed by atoms with Gasteiger partial charge in [0.1, 0.15) is 12.4 Å². The summed E-state index contributed by atoms with van der Waals surface area (Å²) in [6.45, 7) is 7.12. The summed E-state index contributed by atoms with van der Waals surface area (Å²) >= 11 is 1.82. The lowest BCUT2D eigenvalue weighted by Crippen LogP contribution is -2.48. The van der Waals surface area contributed by atoms with E-state index in [1.165, 1.54) is 5.00 Å². The zero-order chi connectivity index (χ0) is 18.7. The largest absolute Gasteiger partial charge is 0.467 e. The average molecular weight is 518 g/mol. The summed E-state index contributed by atoms with van der Waals surface area (Å²) in [6, 6.07) is 8.61. The minimum absolute atomic E-state index is 0. The van der Waals surface area contributed by atoms with Gasteiger partial charge < -0.3 is 24.7 Å². The molecule has 0 saturated carbocycles. The van der Waals surface area contributed by atoms with Crippen LogP contribution in [-0.2, 0) is 11.3 Å². The number of nitrogens with zero attached hydrogens (tertiary/aromatic N) is 2. The third-order valence-electron chi connectivity index (χ3n) is 4.54. The number of hydrogen-bond acceptors (Lipinski definition) is 5. The van der Waals surface area contributed by atoms with Crippen molar-refractivity contribution in [3.05, 3.63) is 41.7 Å². The number of hydrogen-bond donors (Lipinski definition) is 2. The van der Waals surface area contributed by atoms with Crippen LogP contribution in [0.15, 0.2) is 45.3 Å². The van der Waals surface area contributed by atoms with Gasteiger partial charge in [-0.15, -0.1) is 35.3 Å². The average Bonchev–Trinajstić information content (AvgIpc) is 3.39. The Morgan fingerprint density at radius 3 is 2.86 bits per heavy atom. The first-order valence-electron chi connectivity index (χ1n) is 9.78. The molecule has 8 heteroatoms. The van der Waals surface area contributed by atoms with Gasteiger partial charge in [0, 0.05) is 38.8 Å². The first-order chi connectivity index (χ1) is 13.3. The van der Waals surface area contributed by atoms with E-state index in [1.54, 1.807) is 6.26 Å². The van der Waals surface area contributed by atoms with E-state index in [2.05, 4.69) is 40.0 Å². The number of nitrogens with one attached hydrogen (secondary N) is 2. The minimum Gasteiger partial charge on any atom is -0.467 e. The molecular formula is C20H31IN4O2S. The van der Waals surface area contributed by atoms with Crippen LogP contribution in [0, 0.1) is 0 Å². The van der Waals surface area contributed by atoms with E-state index in [4.69, 9.17) is 14.1 Å². The predicted molar refractivity (Wildman–Crippen MR) is 127 cm³/mol. The van der Waals surface area contributed by atoms with Crippen LogP contribution in [0.4, 0.5) is 5.00 Å². The molecule has 3 heterocycles. The zero-order valence-electron chi connectivity index (χ0n) is 16.4. The van der Waals surface area contributed by atoms with Gasteiger partial charge in [-0.3, -0.25) is 4.99 Å². The number of piperidine rings is 1. The highest BCUT2D eigenvalue weighted by atomic mass is 127. The fourth-order valence-electron chi connectivity index (χ4n) is 3.13. The molecule has 2 aromatic heterocycles. The maximum absolute atomic E-state index is 5.61. The summed E-state index contributed by atoms with van der Waals surface area (Å²) in [7, 11) is 0. The van der Waals surface area contributed by atoms with Crippen molar-refractivity contribution in [1.29, 1.82) is 0 Å². The second-order valence-electron chi connectivity index (χ2n) is 6.60. The number of ether oxygens (including phenoxy) is 1. The number of aliphatic imine (C=N–C) groups is 1. The van der Waals surface area contributed by atoms with Gasteiger partial charge in [0.05, 0.1) is 11.3 Å². The number of furan rings is 1. The molecule has 1 saturated heterocycles. The molecule has 0 bridgehead atoms. The fourth-order valence-corrected chi connectivity index (χ4v) is 3.92. The highest BCUT2D eigenvalue weighted by molar-refractivity contribution is 14.0. The van der Waals surface area contributed by atoms with Gasteiger partial charge in [0.25, 0.3) is 0 Å². The number of anilines is 1. The van der Waals surface area contributed by atoms with E-state index >= 15 is 0 Å². The van der Waals surface area contributed by atoms with Gasteiger partial charge in [-0.2, -0.15) is 0 Å². The van der Waals surface area contributed by atoms with E-state index in [1.807, 2.05) is 23.5 Å². The Morgan fingerprint density at radius 2 is 2.18 bits per heavy atom. The molecule has 156 valence electrons. The summed E-state index contributed by atoms with van der Waals surface area (Å²) in [6.07, 6.45) is 4.83. The maximum Gasteiger partial charge on any atom is 0.191 e. The Labute approximate surface area is 188 Å². The van der Waals surface area contributed by atoms with Gasteiger partial charge in [-0.25, -0.2) is 0 Å². The molecule has 1 aliphatic heterocycles. The molecule has 1 fully saturated rings. The third kappa shape index (κ3) is 7.63. The van der Waals surface area contributed by atoms with Crippen LogP contribution in [0.25, 0.3) is 0 Å². The summed E-state index contributed by atoms with van der Waals surface area (Å²) in [5.41, 5.74) is 0. The van der Waals surface area contributed by atoms with Crippen molar-refractivity contribution in [3.63, 3.8) is 0 Å². The van der Waals surface area contributed by atoms with Crippen LogP contribution in [0.5, 0.6) is 0 Å². The van der Waals surface area contributed by atoms with Crippen molar-refractivity contribution in [2.24, 2.45) is 4.99 Å². The highest BCUT2D eigenvalue weighted by Crippen LogP contribution is 2.24. The van der Waals surface area contributed by atoms with Crippen LogP contribution >= 0.6 is 35.3 Å². The third-order valence-corrected chi connectivity index (χ3v) is 5.47. The first-order valence-corrected chi connectivity index (χ1v) is 10.7. The second kappa shape index (κ2) is 13.1. The molecule has 0 aliphatic carbocycles. The molecule has 3 rings (SSSR count). The number of guanidine groups is 1. The molecule has 0 atom stereocenters. The molecule has 0 aromatic carbocycles. The highest BCUT2D eigenvalue weighted by Gasteiger charge is 2.20. The summed E-state index contributed by atoms with van der Waals surface area (Å²) < 4.78 is 10.9. The minimum atomic E-state index is 0. The summed E-state index contributed by atoms with van der Waals surface area (Å²) in [5, 5.41) is 10.5. The van der Waals surface area contributed by atoms with Crippen molar-refractivity contribution in [1.82, 2.24) is 10.6 Å². The lowest BCUT2D eigenvalue weighted by atomic mass is 10.1. The van der Waals surface area contributed by atoms with Crippen molar-refractivity contribution in [2.75, 3.05) is 37.7 Å². The first kappa shape index (κ1) is 23.0. The fraction of sp³-hybridized carbons (Fsp3) is 0.550. The smallest absolute Gasteiger partial charge is 0.191 e. The molecule has 2 N–H and O–H groups in total. The van der Waals surface area contributed by atoms with Gasteiger partial charge in [-0.05, 0) is 55.8 Å². The van der Waals surface area contributed by atoms with Crippen LogP contribution in [0.1, 0.15) is 31.9 Å². The molecular weight excluding hydrogens is 487 g/mol. The Kier molecular flexibility index (Phi) is 10.7. The Bertz CT molecular complexity index is 656. The van der Waals surface area contributed by atoms with E-state index in [0.29, 0.717) is 19.3 Å². The number of thiophene rings is 1. The van der Waals surface area contributed by atoms with E-state index in [0.717, 1.165) is 57.2 Å². The molecule has 0 spiro atoms. The molecule has 1 aliphatic rings. The van der Waals surface area contributed by atoms with Crippen molar-refractivity contribution < 1.29 is 9.15 Å². The lowest BCUT2D eigenvalue weighted by Gasteiger charge is -2.33. The van der Waals surface area contributed by atoms with E-state index in [-0.39, 0.29) is 24.0 Å². The number of halogens is 1. The maximum atomic E-state index is 5.61. The normalized spacial score (nSPS) is 15.3. The summed E-state index contributed by atoms with van der Waals surface area (Å²) in [5.74, 6) is 1.78. The second-order valence-corrected chi connectivity index (χ2v) is 7.53. The van der Waals surface area contributed by atoms with E-state index < -0.39 is 0 Å². The predicted octanol–water partition coefficient (Wildman–Crippen LogP) is 4.09. The van der Waals surface area contributed by atoms with Crippen LogP contribution < -0.4 is 15.5 Å². The standard InChI is InChI=1S/C20H30N4O2S.HI/c1-2-21-20(22-10-5-13-25-16-18-6-3-14-26-18)23-17-8-11-24(12-9-17)19-7-4-15-27-19;/h3-4,6-7,14-15,17H,2,5,8-13,16H2,1H3,(H2,21,22,23);1H. The lowest BCUT2D eigenvalue weighted by molar-refractivity contribution is 0.105. The molecule has 0 amide bonds. The van der Waals surface area contributed by atoms with Gasteiger partial charge in [0.15, 0.2) is 5.96 Å². The quantitative estimate of drug-likeness (QED) is 0.227. The summed E-state index contributed by atoms with van der Waals surface area (Å²) in [4.78, 5) is 7.17. The van der Waals surface area contributed by atoms with Crippen LogP contribution in [-0.4, -0.2) is 44.8 Å². The SMILES string of the molecule is CCNC(=NCCCOCc1ccco1)NC1CCN(c2cccs2)CC1.I. The molecule has 28 heavy (non-hydrogen) atoms. The van der Waals surface area contributed by atoms with Crippen LogP contribution in [0.3, 0.4) is 0 Å². The topological polar surface area (TPSA) is 62.0 Å². The van der Waals surface area contributed by atoms with Gasteiger partial charge in [-0.1, -0.05) is 0 Å². The van der Waals surface area contributed by atoms with Crippen molar-refractivity contribution in [3.8, 4) is 0 Å². The van der Waals surface area contributed by atoms with Crippen molar-refractivity contribution >= 4 is 46.3 Å². The molecule has 0 unspecified atom stereocenters. The molecule has 0 radical (unpaired) electrons. The van der Waals surface area contributed by atoms with Crippen molar-refractivity contribution in [2.45, 2.75) is 38.8 Å². The zero-order valence-corrected chi connectivity index (χ0v) is 19.6. The number of rotatable bonds is 9. The molecule has 6 nitrogen and oxygen atoms in total.